The van der Waals surface area contributed by atoms with Gasteiger partial charge in [0, 0.05) is 20.3 Å². The van der Waals surface area contributed by atoms with Gasteiger partial charge >= 0.3 is 5.97 Å². The molecule has 21 heavy (non-hydrogen) atoms. The van der Waals surface area contributed by atoms with E-state index in [0.717, 1.165) is 25.7 Å². The fourth-order valence-electron chi connectivity index (χ4n) is 2.69. The van der Waals surface area contributed by atoms with E-state index < -0.39 is 12.3 Å². The average Bonchev–Trinajstić information content (AvgIpc) is 2.49. The summed E-state index contributed by atoms with van der Waals surface area (Å²) in [5.41, 5.74) is 0. The van der Waals surface area contributed by atoms with Crippen molar-refractivity contribution in [1.82, 2.24) is 4.90 Å². The largest absolute Gasteiger partial charge is 0.466 e. The van der Waals surface area contributed by atoms with Gasteiger partial charge in [0.1, 0.15) is 6.42 Å². The van der Waals surface area contributed by atoms with Crippen molar-refractivity contribution in [3.05, 3.63) is 0 Å². The van der Waals surface area contributed by atoms with E-state index in [2.05, 4.69) is 0 Å². The Hall–Kier alpha value is -1.14. The molecule has 6 heteroatoms. The van der Waals surface area contributed by atoms with Gasteiger partial charge in [0.25, 0.3) is 0 Å². The van der Waals surface area contributed by atoms with E-state index in [9.17, 15) is 9.59 Å². The van der Waals surface area contributed by atoms with Crippen LogP contribution in [-0.2, 0) is 23.8 Å². The molecule has 1 fully saturated rings. The molecule has 1 saturated carbocycles. The van der Waals surface area contributed by atoms with Gasteiger partial charge in [-0.05, 0) is 19.8 Å². The summed E-state index contributed by atoms with van der Waals surface area (Å²) in [4.78, 5) is 25.7. The molecule has 6 nitrogen and oxygen atoms in total. The van der Waals surface area contributed by atoms with Crippen molar-refractivity contribution in [3.63, 3.8) is 0 Å². The van der Waals surface area contributed by atoms with Crippen LogP contribution in [0.2, 0.25) is 0 Å². The van der Waals surface area contributed by atoms with E-state index >= 15 is 0 Å². The van der Waals surface area contributed by atoms with E-state index in [1.165, 1.54) is 6.42 Å². The zero-order valence-electron chi connectivity index (χ0n) is 13.3. The van der Waals surface area contributed by atoms with Crippen LogP contribution in [0.5, 0.6) is 0 Å². The smallest absolute Gasteiger partial charge is 0.315 e. The topological polar surface area (TPSA) is 65.1 Å². The number of hydrogen-bond acceptors (Lipinski definition) is 5. The lowest BCUT2D eigenvalue weighted by molar-refractivity contribution is -0.157. The molecule has 1 rings (SSSR count). The fraction of sp³-hybridized carbons (Fsp3) is 0.867. The quantitative estimate of drug-likeness (QED) is 0.388. The van der Waals surface area contributed by atoms with E-state index in [-0.39, 0.29) is 25.0 Å². The third kappa shape index (κ3) is 6.01. The fourth-order valence-corrected chi connectivity index (χ4v) is 2.69. The maximum absolute atomic E-state index is 12.4. The lowest BCUT2D eigenvalue weighted by Crippen LogP contribution is -2.47. The summed E-state index contributed by atoms with van der Waals surface area (Å²) in [7, 11) is 3.09. The van der Waals surface area contributed by atoms with E-state index in [4.69, 9.17) is 14.2 Å². The van der Waals surface area contributed by atoms with Crippen molar-refractivity contribution in [2.45, 2.75) is 57.8 Å². The van der Waals surface area contributed by atoms with Crippen LogP contribution in [0.15, 0.2) is 0 Å². The van der Waals surface area contributed by atoms with Crippen molar-refractivity contribution in [1.29, 1.82) is 0 Å². The molecule has 122 valence electrons. The lowest BCUT2D eigenvalue weighted by atomic mass is 9.94. The SMILES string of the molecule is CCOC(=O)CC(=O)N(CC(OC)OC)C1CCCCC1. The number of carbonyl (C=O) groups excluding carboxylic acids is 2. The van der Waals surface area contributed by atoms with Gasteiger partial charge in [0.2, 0.25) is 5.91 Å². The number of nitrogens with zero attached hydrogens (tertiary/aromatic N) is 1. The first-order valence-corrected chi connectivity index (χ1v) is 7.63. The van der Waals surface area contributed by atoms with Crippen LogP contribution in [0, 0.1) is 0 Å². The Morgan fingerprint density at radius 1 is 1.14 bits per heavy atom. The zero-order valence-corrected chi connectivity index (χ0v) is 13.3. The van der Waals surface area contributed by atoms with Crippen LogP contribution in [0.4, 0.5) is 0 Å². The highest BCUT2D eigenvalue weighted by Gasteiger charge is 2.29. The van der Waals surface area contributed by atoms with Crippen molar-refractivity contribution < 1.29 is 23.8 Å². The third-order valence-corrected chi connectivity index (χ3v) is 3.81. The number of methoxy groups -OCH3 is 2. The predicted octanol–water partition coefficient (Wildman–Crippen LogP) is 1.72. The number of carbonyl (C=O) groups is 2. The monoisotopic (exact) mass is 301 g/mol. The van der Waals surface area contributed by atoms with Crippen LogP contribution >= 0.6 is 0 Å². The van der Waals surface area contributed by atoms with Gasteiger partial charge in [-0.25, -0.2) is 0 Å². The molecule has 0 bridgehead atoms. The molecule has 1 amide bonds. The standard InChI is InChI=1S/C15H27NO5/c1-4-21-14(18)10-13(17)16(11-15(19-2)20-3)12-8-6-5-7-9-12/h12,15H,4-11H2,1-3H3. The highest BCUT2D eigenvalue weighted by atomic mass is 16.7. The van der Waals surface area contributed by atoms with Crippen LogP contribution in [0.25, 0.3) is 0 Å². The van der Waals surface area contributed by atoms with Crippen molar-refractivity contribution in [2.75, 3.05) is 27.4 Å². The Balaban J connectivity index is 2.69. The molecule has 0 aromatic rings. The summed E-state index contributed by atoms with van der Waals surface area (Å²) in [6.45, 7) is 2.36. The first kappa shape index (κ1) is 17.9. The zero-order chi connectivity index (χ0) is 15.7. The molecule has 0 aromatic heterocycles. The second kappa shape index (κ2) is 9.73. The van der Waals surface area contributed by atoms with E-state index in [1.54, 1.807) is 26.0 Å². The molecule has 0 atom stereocenters. The summed E-state index contributed by atoms with van der Waals surface area (Å²) < 4.78 is 15.2. The maximum atomic E-state index is 12.4. The van der Waals surface area contributed by atoms with Gasteiger partial charge < -0.3 is 19.1 Å². The molecule has 0 radical (unpaired) electrons. The second-order valence-corrected chi connectivity index (χ2v) is 5.22. The minimum atomic E-state index is -0.477. The Kier molecular flexibility index (Phi) is 8.30. The van der Waals surface area contributed by atoms with Crippen molar-refractivity contribution >= 4 is 11.9 Å². The van der Waals surface area contributed by atoms with Crippen LogP contribution in [-0.4, -0.2) is 56.5 Å². The first-order chi connectivity index (χ1) is 10.1. The highest BCUT2D eigenvalue weighted by Crippen LogP contribution is 2.23. The summed E-state index contributed by atoms with van der Waals surface area (Å²) in [5.74, 6) is -0.686. The Bertz CT molecular complexity index is 324. The molecular formula is C15H27NO5. The van der Waals surface area contributed by atoms with Crippen LogP contribution in [0.1, 0.15) is 45.4 Å². The molecule has 0 heterocycles. The minimum Gasteiger partial charge on any atom is -0.466 e. The minimum absolute atomic E-state index is 0.161. The molecule has 0 aliphatic heterocycles. The van der Waals surface area contributed by atoms with Crippen molar-refractivity contribution in [3.8, 4) is 0 Å². The number of esters is 1. The number of hydrogen-bond donors (Lipinski definition) is 0. The summed E-state index contributed by atoms with van der Waals surface area (Å²) in [6.07, 6.45) is 4.66. The summed E-state index contributed by atoms with van der Waals surface area (Å²) in [6, 6.07) is 0.161. The molecule has 0 aromatic carbocycles. The summed E-state index contributed by atoms with van der Waals surface area (Å²) >= 11 is 0. The maximum Gasteiger partial charge on any atom is 0.315 e. The molecule has 1 aliphatic rings. The molecular weight excluding hydrogens is 274 g/mol. The second-order valence-electron chi connectivity index (χ2n) is 5.22. The first-order valence-electron chi connectivity index (χ1n) is 7.63. The van der Waals surface area contributed by atoms with Gasteiger partial charge in [-0.15, -0.1) is 0 Å². The predicted molar refractivity (Wildman–Crippen MR) is 77.6 cm³/mol. The average molecular weight is 301 g/mol. The molecule has 1 aliphatic carbocycles. The van der Waals surface area contributed by atoms with E-state index in [0.29, 0.717) is 6.54 Å². The normalized spacial score (nSPS) is 16.0. The van der Waals surface area contributed by atoms with Crippen molar-refractivity contribution in [2.24, 2.45) is 0 Å². The third-order valence-electron chi connectivity index (χ3n) is 3.81. The van der Waals surface area contributed by atoms with Gasteiger partial charge in [0.05, 0.1) is 13.2 Å². The molecule has 0 spiro atoms. The number of amides is 1. The van der Waals surface area contributed by atoms with Crippen LogP contribution < -0.4 is 0 Å². The van der Waals surface area contributed by atoms with Gasteiger partial charge in [-0.2, -0.15) is 0 Å². The Labute approximate surface area is 126 Å². The van der Waals surface area contributed by atoms with Gasteiger partial charge in [-0.3, -0.25) is 9.59 Å². The lowest BCUT2D eigenvalue weighted by Gasteiger charge is -2.35. The van der Waals surface area contributed by atoms with Crippen LogP contribution in [0.3, 0.4) is 0 Å². The highest BCUT2D eigenvalue weighted by molar-refractivity contribution is 5.94. The molecule has 0 unspecified atom stereocenters. The Morgan fingerprint density at radius 3 is 2.29 bits per heavy atom. The summed E-state index contributed by atoms with van der Waals surface area (Å²) in [5, 5.41) is 0. The molecule has 0 saturated heterocycles. The Morgan fingerprint density at radius 2 is 1.76 bits per heavy atom. The number of ether oxygens (including phenoxy) is 3. The number of rotatable bonds is 8. The van der Waals surface area contributed by atoms with E-state index in [1.807, 2.05) is 0 Å². The molecule has 0 N–H and O–H groups in total. The van der Waals surface area contributed by atoms with Gasteiger partial charge in [0.15, 0.2) is 6.29 Å². The van der Waals surface area contributed by atoms with Gasteiger partial charge in [-0.1, -0.05) is 19.3 Å².